The minimum atomic E-state index is -0.981. The molecule has 4 aromatic rings. The van der Waals surface area contributed by atoms with Crippen LogP contribution in [0, 0.1) is 13.8 Å². The molecule has 1 aromatic carbocycles. The Balaban J connectivity index is 1.87. The van der Waals surface area contributed by atoms with Crippen molar-refractivity contribution in [1.29, 1.82) is 0 Å². The van der Waals surface area contributed by atoms with Crippen LogP contribution in [0.25, 0.3) is 22.2 Å². The first-order valence-corrected chi connectivity index (χ1v) is 14.0. The van der Waals surface area contributed by atoms with E-state index in [4.69, 9.17) is 30.8 Å². The van der Waals surface area contributed by atoms with Crippen molar-refractivity contribution >= 4 is 28.6 Å². The van der Waals surface area contributed by atoms with Crippen LogP contribution < -0.4 is 0 Å². The summed E-state index contributed by atoms with van der Waals surface area (Å²) >= 11 is 6.32. The molecule has 40 heavy (non-hydrogen) atoms. The maximum Gasteiger partial charge on any atom is 0.339 e. The Kier molecular flexibility index (Phi) is 8.00. The predicted octanol–water partition coefficient (Wildman–Crippen LogP) is 6.78. The third-order valence-electron chi connectivity index (χ3n) is 7.46. The van der Waals surface area contributed by atoms with Crippen LogP contribution in [0.1, 0.15) is 61.4 Å². The molecule has 1 unspecified atom stereocenters. The zero-order valence-corrected chi connectivity index (χ0v) is 24.7. The molecule has 1 aliphatic heterocycles. The van der Waals surface area contributed by atoms with Crippen molar-refractivity contribution in [3.8, 4) is 11.1 Å². The number of fused-ring (bicyclic) bond motifs is 1. The molecule has 1 aliphatic rings. The number of aryl methyl sites for hydroxylation is 1. The summed E-state index contributed by atoms with van der Waals surface area (Å²) in [7, 11) is 1.39. The SMILES string of the molecule is COC(=O)C(OC(C)(C)C)c1c(C[C@H]2CCO2)nc2c(c(C)c(C)n2Cc2ccncc2)c1-c1ccc(Cl)cc1. The summed E-state index contributed by atoms with van der Waals surface area (Å²) in [6.45, 7) is 11.4. The van der Waals surface area contributed by atoms with E-state index >= 15 is 0 Å². The van der Waals surface area contributed by atoms with Crippen molar-refractivity contribution < 1.29 is 19.0 Å². The molecular weight excluding hydrogens is 526 g/mol. The van der Waals surface area contributed by atoms with Crippen molar-refractivity contribution in [2.45, 2.75) is 71.8 Å². The number of hydrogen-bond donors (Lipinski definition) is 0. The number of nitrogens with zero attached hydrogens (tertiary/aromatic N) is 3. The van der Waals surface area contributed by atoms with Gasteiger partial charge in [0.25, 0.3) is 0 Å². The van der Waals surface area contributed by atoms with Crippen LogP contribution in [0.5, 0.6) is 0 Å². The Morgan fingerprint density at radius 2 is 1.82 bits per heavy atom. The van der Waals surface area contributed by atoms with Crippen LogP contribution in [0.15, 0.2) is 48.8 Å². The molecule has 1 fully saturated rings. The fourth-order valence-electron chi connectivity index (χ4n) is 5.29. The number of hydrogen-bond acceptors (Lipinski definition) is 6. The second-order valence-electron chi connectivity index (χ2n) is 11.3. The van der Waals surface area contributed by atoms with Gasteiger partial charge in [0, 0.05) is 59.2 Å². The van der Waals surface area contributed by atoms with Gasteiger partial charge in [-0.3, -0.25) is 4.98 Å². The lowest BCUT2D eigenvalue weighted by Crippen LogP contribution is -2.32. The van der Waals surface area contributed by atoms with Crippen LogP contribution in [-0.4, -0.2) is 45.9 Å². The van der Waals surface area contributed by atoms with E-state index in [1.54, 1.807) is 12.4 Å². The first-order valence-electron chi connectivity index (χ1n) is 13.6. The van der Waals surface area contributed by atoms with Gasteiger partial charge in [0.2, 0.25) is 0 Å². The summed E-state index contributed by atoms with van der Waals surface area (Å²) in [5.74, 6) is -0.465. The average molecular weight is 562 g/mol. The largest absolute Gasteiger partial charge is 0.467 e. The Labute approximate surface area is 240 Å². The van der Waals surface area contributed by atoms with Crippen molar-refractivity contribution in [3.05, 3.63) is 81.9 Å². The highest BCUT2D eigenvalue weighted by molar-refractivity contribution is 6.30. The van der Waals surface area contributed by atoms with Crippen LogP contribution in [0.2, 0.25) is 5.02 Å². The number of rotatable bonds is 8. The first-order chi connectivity index (χ1) is 19.1. The fourth-order valence-corrected chi connectivity index (χ4v) is 5.42. The Morgan fingerprint density at radius 1 is 1.15 bits per heavy atom. The molecule has 1 saturated heterocycles. The van der Waals surface area contributed by atoms with Gasteiger partial charge < -0.3 is 18.8 Å². The minimum absolute atomic E-state index is 0.0282. The van der Waals surface area contributed by atoms with Crippen LogP contribution >= 0.6 is 11.6 Å². The van der Waals surface area contributed by atoms with Crippen molar-refractivity contribution in [2.75, 3.05) is 13.7 Å². The van der Waals surface area contributed by atoms with Gasteiger partial charge in [-0.2, -0.15) is 0 Å². The second kappa shape index (κ2) is 11.3. The van der Waals surface area contributed by atoms with E-state index in [9.17, 15) is 4.79 Å². The standard InChI is InChI=1S/C32H36ClN3O4/c1-19-20(2)36(18-21-11-14-34-15-12-21)30-26(19)27(22-7-9-23(33)10-8-22)28(25(35-30)17-24-13-16-39-24)29(31(37)38-6)40-32(3,4)5/h7-12,14-15,24,29H,13,16-18H2,1-6H3/t24-,29?/m1/s1. The lowest BCUT2D eigenvalue weighted by molar-refractivity contribution is -0.164. The summed E-state index contributed by atoms with van der Waals surface area (Å²) in [4.78, 5) is 22.9. The summed E-state index contributed by atoms with van der Waals surface area (Å²) in [6.07, 6.45) is 4.15. The van der Waals surface area contributed by atoms with Gasteiger partial charge in [-0.05, 0) is 82.0 Å². The molecule has 0 aliphatic carbocycles. The number of methoxy groups -OCH3 is 1. The number of halogens is 1. The summed E-state index contributed by atoms with van der Waals surface area (Å²) in [6, 6.07) is 11.8. The van der Waals surface area contributed by atoms with E-state index in [0.29, 0.717) is 18.0 Å². The molecular formula is C32H36ClN3O4. The van der Waals surface area contributed by atoms with E-state index in [1.165, 1.54) is 7.11 Å². The lowest BCUT2D eigenvalue weighted by atomic mass is 9.88. The number of aromatic nitrogens is 3. The van der Waals surface area contributed by atoms with E-state index in [1.807, 2.05) is 57.2 Å². The number of pyridine rings is 2. The minimum Gasteiger partial charge on any atom is -0.467 e. The van der Waals surface area contributed by atoms with Gasteiger partial charge in [-0.15, -0.1) is 0 Å². The van der Waals surface area contributed by atoms with Gasteiger partial charge in [0.15, 0.2) is 6.10 Å². The Bertz CT molecular complexity index is 1520. The summed E-state index contributed by atoms with van der Waals surface area (Å²) in [5.41, 5.74) is 6.88. The van der Waals surface area contributed by atoms with Gasteiger partial charge >= 0.3 is 5.97 Å². The molecule has 4 heterocycles. The van der Waals surface area contributed by atoms with Gasteiger partial charge in [0.05, 0.1) is 24.5 Å². The molecule has 0 amide bonds. The number of benzene rings is 1. The van der Waals surface area contributed by atoms with Gasteiger partial charge in [-0.25, -0.2) is 9.78 Å². The second-order valence-corrected chi connectivity index (χ2v) is 11.8. The van der Waals surface area contributed by atoms with Gasteiger partial charge in [-0.1, -0.05) is 23.7 Å². The monoisotopic (exact) mass is 561 g/mol. The van der Waals surface area contributed by atoms with Crippen LogP contribution in [0.4, 0.5) is 0 Å². The quantitative estimate of drug-likeness (QED) is 0.221. The number of ether oxygens (including phenoxy) is 3. The van der Waals surface area contributed by atoms with Crippen LogP contribution in [0.3, 0.4) is 0 Å². The highest BCUT2D eigenvalue weighted by Gasteiger charge is 2.36. The molecule has 0 saturated carbocycles. The highest BCUT2D eigenvalue weighted by atomic mass is 35.5. The molecule has 0 spiro atoms. The molecule has 7 nitrogen and oxygen atoms in total. The topological polar surface area (TPSA) is 75.5 Å². The normalized spacial score (nSPS) is 16.1. The van der Waals surface area contributed by atoms with Crippen molar-refractivity contribution in [2.24, 2.45) is 0 Å². The molecule has 0 bridgehead atoms. The van der Waals surface area contributed by atoms with E-state index in [2.05, 4.69) is 23.4 Å². The van der Waals surface area contributed by atoms with Gasteiger partial charge in [0.1, 0.15) is 5.65 Å². The molecule has 5 rings (SSSR count). The average Bonchev–Trinajstić information content (AvgIpc) is 3.13. The number of carbonyl (C=O) groups excluding carboxylic acids is 1. The molecule has 0 N–H and O–H groups in total. The van der Waals surface area contributed by atoms with Crippen molar-refractivity contribution in [3.63, 3.8) is 0 Å². The predicted molar refractivity (Wildman–Crippen MR) is 157 cm³/mol. The maximum atomic E-state index is 13.4. The molecule has 8 heteroatoms. The van der Waals surface area contributed by atoms with E-state index in [-0.39, 0.29) is 6.10 Å². The summed E-state index contributed by atoms with van der Waals surface area (Å²) < 4.78 is 19.9. The third-order valence-corrected chi connectivity index (χ3v) is 7.71. The zero-order valence-electron chi connectivity index (χ0n) is 24.0. The fraction of sp³-hybridized carbons (Fsp3) is 0.406. The number of esters is 1. The number of carbonyl (C=O) groups is 1. The smallest absolute Gasteiger partial charge is 0.339 e. The summed E-state index contributed by atoms with van der Waals surface area (Å²) in [5, 5.41) is 1.62. The molecule has 210 valence electrons. The van der Waals surface area contributed by atoms with E-state index < -0.39 is 17.7 Å². The van der Waals surface area contributed by atoms with Crippen LogP contribution in [-0.2, 0) is 32.0 Å². The third kappa shape index (κ3) is 5.64. The highest BCUT2D eigenvalue weighted by Crippen LogP contribution is 2.43. The molecule has 2 atom stereocenters. The maximum absolute atomic E-state index is 13.4. The first kappa shape index (κ1) is 28.3. The lowest BCUT2D eigenvalue weighted by Gasteiger charge is -2.31. The molecule has 3 aromatic heterocycles. The Hall–Kier alpha value is -3.26. The van der Waals surface area contributed by atoms with E-state index in [0.717, 1.165) is 63.3 Å². The zero-order chi connectivity index (χ0) is 28.6. The Morgan fingerprint density at radius 3 is 2.40 bits per heavy atom. The molecule has 0 radical (unpaired) electrons. The van der Waals surface area contributed by atoms with Crippen molar-refractivity contribution in [1.82, 2.24) is 14.5 Å².